The van der Waals surface area contributed by atoms with Gasteiger partial charge >= 0.3 is 0 Å². The molecule has 1 nitrogen and oxygen atoms in total. The lowest BCUT2D eigenvalue weighted by molar-refractivity contribution is 0.263. The molecule has 4 atom stereocenters. The smallest absolute Gasteiger partial charge is 0.0726 e. The van der Waals surface area contributed by atoms with E-state index in [0.29, 0.717) is 10.8 Å². The van der Waals surface area contributed by atoms with Crippen molar-refractivity contribution < 1.29 is 0 Å². The van der Waals surface area contributed by atoms with Gasteiger partial charge in [0.2, 0.25) is 0 Å². The van der Waals surface area contributed by atoms with Crippen LogP contribution in [-0.2, 0) is 16.2 Å². The van der Waals surface area contributed by atoms with Gasteiger partial charge in [0.05, 0.1) is 11.1 Å². The summed E-state index contributed by atoms with van der Waals surface area (Å²) in [6.07, 6.45) is 14.3. The zero-order chi connectivity index (χ0) is 41.5. The third kappa shape index (κ3) is 4.34. The van der Waals surface area contributed by atoms with Crippen molar-refractivity contribution in [1.82, 2.24) is 0 Å². The number of benzene rings is 8. The monoisotopic (exact) mass is 823 g/mol. The van der Waals surface area contributed by atoms with Crippen LogP contribution in [0.3, 0.4) is 0 Å². The summed E-state index contributed by atoms with van der Waals surface area (Å²) in [6, 6.07) is 64.8. The van der Waals surface area contributed by atoms with E-state index in [-0.39, 0.29) is 0 Å². The van der Waals surface area contributed by atoms with Gasteiger partial charge in [0.1, 0.15) is 0 Å². The highest BCUT2D eigenvalue weighted by atomic mass is 15.1. The molecule has 8 aromatic carbocycles. The second-order valence-corrected chi connectivity index (χ2v) is 22.3. The summed E-state index contributed by atoms with van der Waals surface area (Å²) in [7, 11) is 0. The van der Waals surface area contributed by atoms with Crippen LogP contribution >= 0.6 is 0 Å². The van der Waals surface area contributed by atoms with Gasteiger partial charge in [0, 0.05) is 22.1 Å². The minimum absolute atomic E-state index is 0.317. The Morgan fingerprint density at radius 3 is 1.30 bits per heavy atom. The molecule has 8 fully saturated rings. The molecule has 18 rings (SSSR count). The number of fused-ring (bicyclic) bond motifs is 12. The summed E-state index contributed by atoms with van der Waals surface area (Å²) in [4.78, 5) is 2.79. The SMILES string of the molecule is c1ccc2c(c1)-c1ccccc1C21c2ccccc2-c2ccc(N(c3cc(C45CC6CC(CC4C6)C5)cc(C45CC6CC(CC4C6)C5)c3)c3c4ccccc4cc4ccccc34)cc21. The number of anilines is 3. The van der Waals surface area contributed by atoms with E-state index in [2.05, 4.69) is 169 Å². The molecular weight excluding hydrogens is 771 g/mol. The standard InChI is InChI=1S/C63H53N/c1-3-13-50-42(11-1)29-43-12-2-4-14-51(43)60(50)64(48-21-22-55-54-17-7-10-20-58(54)63(59(55)33-48)56-18-8-5-15-52(56)53-16-6-9-19-57(53)63)49-31-46(61-34-38-23-39(35-61)26-44(61)25-38)30-47(32-49)62-36-40-24-41(37-62)28-45(62)27-40/h1-22,29-33,38-41,44-45H,23-28,34-37H2. The van der Waals surface area contributed by atoms with Crippen LogP contribution < -0.4 is 4.90 Å². The van der Waals surface area contributed by atoms with Crippen LogP contribution in [0.25, 0.3) is 43.8 Å². The largest absolute Gasteiger partial charge is 0.309 e. The Morgan fingerprint density at radius 1 is 0.359 bits per heavy atom. The molecule has 0 aliphatic heterocycles. The highest BCUT2D eigenvalue weighted by Gasteiger charge is 2.61. The topological polar surface area (TPSA) is 3.24 Å². The van der Waals surface area contributed by atoms with Gasteiger partial charge in [-0.15, -0.1) is 0 Å². The number of rotatable bonds is 5. The molecule has 64 heavy (non-hydrogen) atoms. The maximum absolute atomic E-state index is 2.86. The highest BCUT2D eigenvalue weighted by Crippen LogP contribution is 2.70. The summed E-state index contributed by atoms with van der Waals surface area (Å²) in [5.41, 5.74) is 18.6. The lowest BCUT2D eigenvalue weighted by Gasteiger charge is -2.39. The molecule has 0 N–H and O–H groups in total. The molecule has 8 saturated carbocycles. The molecule has 10 aliphatic carbocycles. The van der Waals surface area contributed by atoms with E-state index in [1.807, 2.05) is 0 Å². The first-order chi connectivity index (χ1) is 31.6. The average Bonchev–Trinajstić information content (AvgIpc) is 4.10. The lowest BCUT2D eigenvalue weighted by atomic mass is 9.67. The van der Waals surface area contributed by atoms with Crippen molar-refractivity contribution in [3.05, 3.63) is 197 Å². The van der Waals surface area contributed by atoms with E-state index < -0.39 is 5.41 Å². The number of nitrogens with zero attached hydrogens (tertiary/aromatic N) is 1. The van der Waals surface area contributed by atoms with Gasteiger partial charge in [-0.2, -0.15) is 0 Å². The molecule has 0 saturated heterocycles. The normalized spacial score (nSPS) is 29.8. The van der Waals surface area contributed by atoms with Gasteiger partial charge in [-0.05, 0) is 207 Å². The van der Waals surface area contributed by atoms with E-state index >= 15 is 0 Å². The Balaban J connectivity index is 1.01. The third-order valence-electron chi connectivity index (χ3n) is 19.5. The first-order valence-electron chi connectivity index (χ1n) is 24.9. The van der Waals surface area contributed by atoms with Gasteiger partial charge in [0.25, 0.3) is 0 Å². The van der Waals surface area contributed by atoms with Crippen LogP contribution in [0.15, 0.2) is 164 Å². The van der Waals surface area contributed by atoms with Crippen molar-refractivity contribution in [3.8, 4) is 22.3 Å². The molecule has 10 aliphatic rings. The predicted octanol–water partition coefficient (Wildman–Crippen LogP) is 16.0. The summed E-state index contributed by atoms with van der Waals surface area (Å²) in [5, 5.41) is 5.25. The quantitative estimate of drug-likeness (QED) is 0.156. The lowest BCUT2D eigenvalue weighted by Crippen LogP contribution is -2.31. The fourth-order valence-corrected chi connectivity index (χ4v) is 17.7. The molecule has 1 spiro atoms. The van der Waals surface area contributed by atoms with E-state index in [1.165, 1.54) is 147 Å². The molecule has 8 aromatic rings. The second kappa shape index (κ2) is 12.2. The Labute approximate surface area is 377 Å². The molecule has 1 heteroatoms. The van der Waals surface area contributed by atoms with Gasteiger partial charge in [0.15, 0.2) is 0 Å². The summed E-state index contributed by atoms with van der Waals surface area (Å²) in [6.45, 7) is 0. The number of hydrogen-bond acceptors (Lipinski definition) is 1. The maximum atomic E-state index is 2.86. The number of hydrogen-bond donors (Lipinski definition) is 0. The van der Waals surface area contributed by atoms with Gasteiger partial charge in [-0.3, -0.25) is 0 Å². The van der Waals surface area contributed by atoms with E-state index in [1.54, 1.807) is 11.1 Å². The van der Waals surface area contributed by atoms with Gasteiger partial charge < -0.3 is 4.90 Å². The maximum Gasteiger partial charge on any atom is 0.0726 e. The Kier molecular flexibility index (Phi) is 6.78. The third-order valence-corrected chi connectivity index (χ3v) is 19.5. The predicted molar refractivity (Wildman–Crippen MR) is 263 cm³/mol. The van der Waals surface area contributed by atoms with Crippen LogP contribution in [0.2, 0.25) is 0 Å². The van der Waals surface area contributed by atoms with E-state index in [4.69, 9.17) is 0 Å². The van der Waals surface area contributed by atoms with Crippen molar-refractivity contribution in [1.29, 1.82) is 0 Å². The molecule has 0 heterocycles. The van der Waals surface area contributed by atoms with Crippen molar-refractivity contribution in [2.45, 2.75) is 80.5 Å². The zero-order valence-electron chi connectivity index (χ0n) is 36.6. The summed E-state index contributed by atoms with van der Waals surface area (Å²) >= 11 is 0. The van der Waals surface area contributed by atoms with Crippen LogP contribution in [-0.4, -0.2) is 0 Å². The summed E-state index contributed by atoms with van der Waals surface area (Å²) < 4.78 is 0. The Bertz CT molecular complexity index is 3130. The molecule has 310 valence electrons. The fourth-order valence-electron chi connectivity index (χ4n) is 17.7. The average molecular weight is 824 g/mol. The van der Waals surface area contributed by atoms with Crippen molar-refractivity contribution in [2.24, 2.45) is 35.5 Å². The van der Waals surface area contributed by atoms with E-state index in [0.717, 1.165) is 35.5 Å². The zero-order valence-corrected chi connectivity index (χ0v) is 36.6. The minimum atomic E-state index is -0.406. The second-order valence-electron chi connectivity index (χ2n) is 22.3. The fraction of sp³-hybridized carbons (Fsp3) is 0.302. The molecule has 0 radical (unpaired) electrons. The van der Waals surface area contributed by atoms with Crippen LogP contribution in [0.4, 0.5) is 17.1 Å². The molecule has 4 unspecified atom stereocenters. The van der Waals surface area contributed by atoms with E-state index in [9.17, 15) is 0 Å². The Hall–Kier alpha value is -5.92. The summed E-state index contributed by atoms with van der Waals surface area (Å²) in [5.74, 6) is 5.30. The van der Waals surface area contributed by atoms with Crippen molar-refractivity contribution in [2.75, 3.05) is 4.90 Å². The minimum Gasteiger partial charge on any atom is -0.309 e. The van der Waals surface area contributed by atoms with Crippen molar-refractivity contribution >= 4 is 38.6 Å². The van der Waals surface area contributed by atoms with Crippen LogP contribution in [0.5, 0.6) is 0 Å². The highest BCUT2D eigenvalue weighted by molar-refractivity contribution is 6.14. The molecule has 8 bridgehead atoms. The van der Waals surface area contributed by atoms with Gasteiger partial charge in [-0.1, -0.05) is 133 Å². The molecule has 0 amide bonds. The van der Waals surface area contributed by atoms with Crippen LogP contribution in [0, 0.1) is 35.5 Å². The van der Waals surface area contributed by atoms with Crippen molar-refractivity contribution in [3.63, 3.8) is 0 Å². The Morgan fingerprint density at radius 2 is 0.797 bits per heavy atom. The molecule has 0 aromatic heterocycles. The first-order valence-corrected chi connectivity index (χ1v) is 24.9. The molecular formula is C63H53N. The van der Waals surface area contributed by atoms with Gasteiger partial charge in [-0.25, -0.2) is 0 Å². The first kappa shape index (κ1) is 35.4. The van der Waals surface area contributed by atoms with Crippen LogP contribution in [0.1, 0.15) is 97.6 Å².